The third-order valence-electron chi connectivity index (χ3n) is 2.55. The van der Waals surface area contributed by atoms with Gasteiger partial charge in [0.05, 0.1) is 17.2 Å². The normalized spacial score (nSPS) is 10.7. The Hall–Kier alpha value is -0.840. The molecule has 0 aliphatic heterocycles. The van der Waals surface area contributed by atoms with Crippen LogP contribution in [0.3, 0.4) is 0 Å². The molecular formula is C14H20ClNO2S. The van der Waals surface area contributed by atoms with E-state index >= 15 is 0 Å². The van der Waals surface area contributed by atoms with Crippen molar-refractivity contribution in [2.45, 2.75) is 20.3 Å². The van der Waals surface area contributed by atoms with Gasteiger partial charge in [-0.3, -0.25) is 0 Å². The summed E-state index contributed by atoms with van der Waals surface area (Å²) in [4.78, 5) is 0.237. The fraction of sp³-hybridized carbons (Fsp3) is 0.500. The van der Waals surface area contributed by atoms with Gasteiger partial charge in [-0.2, -0.15) is 0 Å². The molecule has 106 valence electrons. The molecule has 0 spiro atoms. The topological polar surface area (TPSA) is 44.5 Å². The predicted molar refractivity (Wildman–Crippen MR) is 83.1 cm³/mol. The molecule has 0 radical (unpaired) electrons. The van der Waals surface area contributed by atoms with Crippen LogP contribution in [0.2, 0.25) is 5.02 Å². The summed E-state index contributed by atoms with van der Waals surface area (Å²) >= 11 is 11.0. The Morgan fingerprint density at radius 2 is 2.05 bits per heavy atom. The van der Waals surface area contributed by atoms with Crippen molar-refractivity contribution in [3.63, 3.8) is 0 Å². The summed E-state index contributed by atoms with van der Waals surface area (Å²) in [5.41, 5.74) is 6.22. The zero-order valence-corrected chi connectivity index (χ0v) is 12.9. The number of benzene rings is 1. The van der Waals surface area contributed by atoms with Crippen LogP contribution >= 0.6 is 23.8 Å². The summed E-state index contributed by atoms with van der Waals surface area (Å²) in [6.07, 6.45) is 1.05. The van der Waals surface area contributed by atoms with Crippen molar-refractivity contribution < 1.29 is 9.47 Å². The van der Waals surface area contributed by atoms with E-state index in [0.29, 0.717) is 35.5 Å². The molecule has 19 heavy (non-hydrogen) atoms. The molecule has 1 aromatic rings. The Labute approximate surface area is 125 Å². The number of nitrogens with two attached hydrogens (primary N) is 1. The minimum Gasteiger partial charge on any atom is -0.490 e. The Morgan fingerprint density at radius 3 is 2.68 bits per heavy atom. The highest BCUT2D eigenvalue weighted by Gasteiger charge is 2.10. The number of thiocarbonyl (C=S) groups is 1. The smallest absolute Gasteiger partial charge is 0.131 e. The number of hydrogen-bond donors (Lipinski definition) is 1. The summed E-state index contributed by atoms with van der Waals surface area (Å²) < 4.78 is 11.1. The lowest BCUT2D eigenvalue weighted by Gasteiger charge is -2.12. The van der Waals surface area contributed by atoms with E-state index in [1.54, 1.807) is 18.2 Å². The van der Waals surface area contributed by atoms with E-state index in [4.69, 9.17) is 39.0 Å². The van der Waals surface area contributed by atoms with Crippen molar-refractivity contribution in [2.75, 3.05) is 19.8 Å². The van der Waals surface area contributed by atoms with Crippen LogP contribution in [0.5, 0.6) is 5.75 Å². The second kappa shape index (κ2) is 8.35. The lowest BCUT2D eigenvalue weighted by Crippen LogP contribution is -2.14. The predicted octanol–water partition coefficient (Wildman–Crippen LogP) is 3.42. The Balaban J connectivity index is 2.41. The Morgan fingerprint density at radius 1 is 1.32 bits per heavy atom. The lowest BCUT2D eigenvalue weighted by molar-refractivity contribution is 0.0925. The van der Waals surface area contributed by atoms with Crippen LogP contribution in [-0.4, -0.2) is 24.8 Å². The molecule has 0 saturated carbocycles. The fourth-order valence-corrected chi connectivity index (χ4v) is 2.03. The van der Waals surface area contributed by atoms with Crippen molar-refractivity contribution in [1.29, 1.82) is 0 Å². The highest BCUT2D eigenvalue weighted by atomic mass is 35.5. The summed E-state index contributed by atoms with van der Waals surface area (Å²) in [6.45, 7) is 6.07. The Bertz CT molecular complexity index is 424. The van der Waals surface area contributed by atoms with Gasteiger partial charge >= 0.3 is 0 Å². The third-order valence-corrected chi connectivity index (χ3v) is 3.07. The van der Waals surface area contributed by atoms with E-state index < -0.39 is 0 Å². The zero-order chi connectivity index (χ0) is 14.3. The molecule has 0 fully saturated rings. The van der Waals surface area contributed by atoms with E-state index in [-0.39, 0.29) is 4.99 Å². The summed E-state index contributed by atoms with van der Waals surface area (Å²) in [6, 6.07) is 5.34. The minimum absolute atomic E-state index is 0.237. The van der Waals surface area contributed by atoms with Crippen LogP contribution in [0, 0.1) is 5.92 Å². The van der Waals surface area contributed by atoms with E-state index in [2.05, 4.69) is 13.8 Å². The molecule has 0 aromatic heterocycles. The highest BCUT2D eigenvalue weighted by Crippen LogP contribution is 2.26. The number of halogens is 1. The molecular weight excluding hydrogens is 282 g/mol. The summed E-state index contributed by atoms with van der Waals surface area (Å²) in [5.74, 6) is 1.25. The Kier molecular flexibility index (Phi) is 7.13. The van der Waals surface area contributed by atoms with Crippen LogP contribution in [0.25, 0.3) is 0 Å². The van der Waals surface area contributed by atoms with Gasteiger partial charge in [0, 0.05) is 6.61 Å². The van der Waals surface area contributed by atoms with Crippen LogP contribution in [-0.2, 0) is 4.74 Å². The van der Waals surface area contributed by atoms with Gasteiger partial charge in [-0.1, -0.05) is 43.7 Å². The maximum atomic E-state index is 6.04. The van der Waals surface area contributed by atoms with Crippen molar-refractivity contribution in [2.24, 2.45) is 11.7 Å². The maximum Gasteiger partial charge on any atom is 0.131 e. The van der Waals surface area contributed by atoms with Gasteiger partial charge in [-0.05, 0) is 24.5 Å². The maximum absolute atomic E-state index is 6.04. The summed E-state index contributed by atoms with van der Waals surface area (Å²) in [5, 5.41) is 0.505. The van der Waals surface area contributed by atoms with Crippen LogP contribution in [0.1, 0.15) is 25.8 Å². The molecule has 0 heterocycles. The van der Waals surface area contributed by atoms with Crippen LogP contribution in [0.4, 0.5) is 0 Å². The highest BCUT2D eigenvalue weighted by molar-refractivity contribution is 7.80. The molecule has 0 amide bonds. The van der Waals surface area contributed by atoms with Crippen molar-refractivity contribution in [3.8, 4) is 5.75 Å². The zero-order valence-electron chi connectivity index (χ0n) is 11.3. The third kappa shape index (κ3) is 5.76. The first-order valence-corrected chi connectivity index (χ1v) is 7.10. The van der Waals surface area contributed by atoms with Gasteiger partial charge in [-0.15, -0.1) is 0 Å². The first kappa shape index (κ1) is 16.2. The molecule has 0 atom stereocenters. The van der Waals surface area contributed by atoms with E-state index in [9.17, 15) is 0 Å². The standard InChI is InChI=1S/C14H20ClNO2S/c1-10(2)6-7-17-8-9-18-12-5-3-4-11(15)13(12)14(16)19/h3-5,10H,6-9H2,1-2H3,(H2,16,19). The average Bonchev–Trinajstić information content (AvgIpc) is 2.32. The number of hydrogen-bond acceptors (Lipinski definition) is 3. The van der Waals surface area contributed by atoms with Crippen molar-refractivity contribution in [1.82, 2.24) is 0 Å². The molecule has 0 aliphatic carbocycles. The molecule has 3 nitrogen and oxygen atoms in total. The van der Waals surface area contributed by atoms with E-state index in [0.717, 1.165) is 13.0 Å². The number of ether oxygens (including phenoxy) is 2. The number of rotatable bonds is 8. The molecule has 0 bridgehead atoms. The van der Waals surface area contributed by atoms with Gasteiger partial charge in [0.25, 0.3) is 0 Å². The van der Waals surface area contributed by atoms with Crippen LogP contribution < -0.4 is 10.5 Å². The molecule has 0 aliphatic rings. The largest absolute Gasteiger partial charge is 0.490 e. The molecule has 0 unspecified atom stereocenters. The molecule has 1 rings (SSSR count). The quantitative estimate of drug-likeness (QED) is 0.590. The van der Waals surface area contributed by atoms with Gasteiger partial charge in [0.2, 0.25) is 0 Å². The van der Waals surface area contributed by atoms with E-state index in [1.165, 1.54) is 0 Å². The van der Waals surface area contributed by atoms with Gasteiger partial charge in [-0.25, -0.2) is 0 Å². The monoisotopic (exact) mass is 301 g/mol. The van der Waals surface area contributed by atoms with Crippen LogP contribution in [0.15, 0.2) is 18.2 Å². The average molecular weight is 302 g/mol. The van der Waals surface area contributed by atoms with Crippen molar-refractivity contribution >= 4 is 28.8 Å². The molecule has 2 N–H and O–H groups in total. The second-order valence-corrected chi connectivity index (χ2v) is 5.47. The van der Waals surface area contributed by atoms with Crippen molar-refractivity contribution in [3.05, 3.63) is 28.8 Å². The van der Waals surface area contributed by atoms with Gasteiger partial charge in [0.15, 0.2) is 0 Å². The first-order valence-electron chi connectivity index (χ1n) is 6.31. The SMILES string of the molecule is CC(C)CCOCCOc1cccc(Cl)c1C(N)=S. The fourth-order valence-electron chi connectivity index (χ4n) is 1.50. The second-order valence-electron chi connectivity index (χ2n) is 4.62. The molecule has 5 heteroatoms. The molecule has 1 aromatic carbocycles. The van der Waals surface area contributed by atoms with Gasteiger partial charge in [0.1, 0.15) is 17.3 Å². The lowest BCUT2D eigenvalue weighted by atomic mass is 10.1. The first-order chi connectivity index (χ1) is 9.02. The van der Waals surface area contributed by atoms with E-state index in [1.807, 2.05) is 0 Å². The minimum atomic E-state index is 0.237. The summed E-state index contributed by atoms with van der Waals surface area (Å²) in [7, 11) is 0. The van der Waals surface area contributed by atoms with Gasteiger partial charge < -0.3 is 15.2 Å². The molecule has 0 saturated heterocycles.